The standard InChI is InChI=1S/C23H28BrNO3S/c1-23(2,3)19-10-8-18(9-11-19)21-5-4-14-25(21)22(26)16-29(27,28)15-17-6-12-20(24)13-7-17/h6-13,21H,4-5,14-16H2,1-3H3. The third-order valence-corrected chi connectivity index (χ3v) is 7.37. The molecule has 0 saturated carbocycles. The number of rotatable bonds is 5. The largest absolute Gasteiger partial charge is 0.335 e. The second kappa shape index (κ2) is 8.60. The van der Waals surface area contributed by atoms with Crippen LogP contribution in [0.15, 0.2) is 53.0 Å². The normalized spacial score (nSPS) is 17.5. The number of benzene rings is 2. The summed E-state index contributed by atoms with van der Waals surface area (Å²) in [5.41, 5.74) is 3.09. The molecule has 1 aliphatic rings. The van der Waals surface area contributed by atoms with Crippen molar-refractivity contribution in [2.45, 2.75) is 50.8 Å². The van der Waals surface area contributed by atoms with Crippen LogP contribution in [0.25, 0.3) is 0 Å². The quantitative estimate of drug-likeness (QED) is 0.606. The second-order valence-electron chi connectivity index (χ2n) is 8.78. The Kier molecular flexibility index (Phi) is 6.54. The van der Waals surface area contributed by atoms with E-state index in [1.54, 1.807) is 17.0 Å². The van der Waals surface area contributed by atoms with Gasteiger partial charge in [-0.15, -0.1) is 0 Å². The van der Waals surface area contributed by atoms with Crippen molar-refractivity contribution >= 4 is 31.7 Å². The van der Waals surface area contributed by atoms with Crippen LogP contribution in [0, 0.1) is 0 Å². The van der Waals surface area contributed by atoms with Gasteiger partial charge in [0.1, 0.15) is 5.75 Å². The molecule has 0 aromatic heterocycles. The predicted octanol–water partition coefficient (Wildman–Crippen LogP) is 5.03. The lowest BCUT2D eigenvalue weighted by Gasteiger charge is -2.26. The number of nitrogens with zero attached hydrogens (tertiary/aromatic N) is 1. The topological polar surface area (TPSA) is 54.5 Å². The summed E-state index contributed by atoms with van der Waals surface area (Å²) >= 11 is 3.34. The summed E-state index contributed by atoms with van der Waals surface area (Å²) in [4.78, 5) is 14.6. The van der Waals surface area contributed by atoms with E-state index in [4.69, 9.17) is 0 Å². The van der Waals surface area contributed by atoms with Gasteiger partial charge < -0.3 is 4.90 Å². The van der Waals surface area contributed by atoms with Gasteiger partial charge in [0.25, 0.3) is 0 Å². The Morgan fingerprint density at radius 1 is 1.07 bits per heavy atom. The number of sulfone groups is 1. The summed E-state index contributed by atoms with van der Waals surface area (Å²) < 4.78 is 26.1. The molecule has 0 radical (unpaired) electrons. The Morgan fingerprint density at radius 2 is 1.69 bits per heavy atom. The van der Waals surface area contributed by atoms with Crippen molar-refractivity contribution in [3.8, 4) is 0 Å². The smallest absolute Gasteiger partial charge is 0.238 e. The maximum absolute atomic E-state index is 12.9. The van der Waals surface area contributed by atoms with E-state index in [-0.39, 0.29) is 23.1 Å². The summed E-state index contributed by atoms with van der Waals surface area (Å²) in [6, 6.07) is 15.5. The average Bonchev–Trinajstić information content (AvgIpc) is 3.12. The van der Waals surface area contributed by atoms with Crippen molar-refractivity contribution in [2.24, 2.45) is 0 Å². The van der Waals surface area contributed by atoms with Crippen LogP contribution in [-0.4, -0.2) is 31.5 Å². The predicted molar refractivity (Wildman–Crippen MR) is 120 cm³/mol. The zero-order chi connectivity index (χ0) is 21.2. The summed E-state index contributed by atoms with van der Waals surface area (Å²) in [6.45, 7) is 7.12. The maximum Gasteiger partial charge on any atom is 0.238 e. The number of likely N-dealkylation sites (tertiary alicyclic amines) is 1. The van der Waals surface area contributed by atoms with Crippen LogP contribution < -0.4 is 0 Å². The van der Waals surface area contributed by atoms with Gasteiger partial charge in [0, 0.05) is 11.0 Å². The first kappa shape index (κ1) is 22.0. The Morgan fingerprint density at radius 3 is 2.28 bits per heavy atom. The maximum atomic E-state index is 12.9. The zero-order valence-corrected chi connectivity index (χ0v) is 19.6. The molecule has 29 heavy (non-hydrogen) atoms. The van der Waals surface area contributed by atoms with Gasteiger partial charge in [0.15, 0.2) is 9.84 Å². The van der Waals surface area contributed by atoms with E-state index < -0.39 is 15.6 Å². The fourth-order valence-corrected chi connectivity index (χ4v) is 5.38. The first-order valence-electron chi connectivity index (χ1n) is 9.90. The monoisotopic (exact) mass is 477 g/mol. The van der Waals surface area contributed by atoms with Crippen LogP contribution >= 0.6 is 15.9 Å². The van der Waals surface area contributed by atoms with Crippen molar-refractivity contribution in [3.05, 3.63) is 69.7 Å². The van der Waals surface area contributed by atoms with Gasteiger partial charge in [-0.3, -0.25) is 4.79 Å². The third-order valence-electron chi connectivity index (χ3n) is 5.38. The minimum absolute atomic E-state index is 0.0422. The molecule has 1 unspecified atom stereocenters. The molecule has 0 spiro atoms. The minimum atomic E-state index is -3.52. The zero-order valence-electron chi connectivity index (χ0n) is 17.2. The summed E-state index contributed by atoms with van der Waals surface area (Å²) in [5, 5.41) is 0. The van der Waals surface area contributed by atoms with Crippen molar-refractivity contribution < 1.29 is 13.2 Å². The molecule has 0 N–H and O–H groups in total. The molecule has 0 aliphatic carbocycles. The Labute approximate surface area is 182 Å². The van der Waals surface area contributed by atoms with Gasteiger partial charge >= 0.3 is 0 Å². The Bertz CT molecular complexity index is 961. The highest BCUT2D eigenvalue weighted by Crippen LogP contribution is 2.33. The Hall–Kier alpha value is -1.66. The first-order chi connectivity index (χ1) is 13.5. The van der Waals surface area contributed by atoms with E-state index in [9.17, 15) is 13.2 Å². The highest BCUT2D eigenvalue weighted by atomic mass is 79.9. The lowest BCUT2D eigenvalue weighted by molar-refractivity contribution is -0.129. The van der Waals surface area contributed by atoms with Crippen LogP contribution in [0.3, 0.4) is 0 Å². The van der Waals surface area contributed by atoms with Crippen LogP contribution in [0.2, 0.25) is 0 Å². The highest BCUT2D eigenvalue weighted by molar-refractivity contribution is 9.10. The molecule has 2 aromatic rings. The number of hydrogen-bond acceptors (Lipinski definition) is 3. The van der Waals surface area contributed by atoms with Gasteiger partial charge in [-0.2, -0.15) is 0 Å². The van der Waals surface area contributed by atoms with E-state index in [2.05, 4.69) is 61.0 Å². The molecule has 2 aromatic carbocycles. The molecule has 4 nitrogen and oxygen atoms in total. The summed E-state index contributed by atoms with van der Waals surface area (Å²) in [6.07, 6.45) is 1.76. The first-order valence-corrected chi connectivity index (χ1v) is 12.5. The fourth-order valence-electron chi connectivity index (χ4n) is 3.77. The van der Waals surface area contributed by atoms with E-state index in [1.165, 1.54) is 5.56 Å². The number of hydrogen-bond donors (Lipinski definition) is 0. The lowest BCUT2D eigenvalue weighted by atomic mass is 9.86. The number of carbonyl (C=O) groups excluding carboxylic acids is 1. The van der Waals surface area contributed by atoms with Crippen molar-refractivity contribution in [1.82, 2.24) is 4.90 Å². The molecular formula is C23H28BrNO3S. The molecule has 1 aliphatic heterocycles. The molecular weight excluding hydrogens is 450 g/mol. The average molecular weight is 478 g/mol. The van der Waals surface area contributed by atoms with Crippen molar-refractivity contribution in [3.63, 3.8) is 0 Å². The second-order valence-corrected chi connectivity index (χ2v) is 11.8. The van der Waals surface area contributed by atoms with Gasteiger partial charge in [-0.25, -0.2) is 8.42 Å². The molecule has 1 amide bonds. The molecule has 6 heteroatoms. The third kappa shape index (κ3) is 5.70. The SMILES string of the molecule is CC(C)(C)c1ccc(C2CCCN2C(=O)CS(=O)(=O)Cc2ccc(Br)cc2)cc1. The van der Waals surface area contributed by atoms with Gasteiger partial charge in [0.2, 0.25) is 5.91 Å². The minimum Gasteiger partial charge on any atom is -0.335 e. The van der Waals surface area contributed by atoms with E-state index in [1.807, 2.05) is 12.1 Å². The van der Waals surface area contributed by atoms with Crippen LogP contribution in [0.1, 0.15) is 56.3 Å². The molecule has 0 bridgehead atoms. The molecule has 1 fully saturated rings. The van der Waals surface area contributed by atoms with Crippen molar-refractivity contribution in [1.29, 1.82) is 0 Å². The highest BCUT2D eigenvalue weighted by Gasteiger charge is 2.32. The molecule has 3 rings (SSSR count). The van der Waals surface area contributed by atoms with Gasteiger partial charge in [-0.05, 0) is 47.1 Å². The number of carbonyl (C=O) groups is 1. The fraction of sp³-hybridized carbons (Fsp3) is 0.435. The van der Waals surface area contributed by atoms with Gasteiger partial charge in [-0.1, -0.05) is 73.1 Å². The number of halogens is 1. The number of amides is 1. The Balaban J connectivity index is 1.70. The molecule has 1 heterocycles. The van der Waals surface area contributed by atoms with Crippen molar-refractivity contribution in [2.75, 3.05) is 12.3 Å². The molecule has 1 saturated heterocycles. The molecule has 1 atom stereocenters. The van der Waals surface area contributed by atoms with Crippen LogP contribution in [0.5, 0.6) is 0 Å². The lowest BCUT2D eigenvalue weighted by Crippen LogP contribution is -2.35. The van der Waals surface area contributed by atoms with E-state index >= 15 is 0 Å². The van der Waals surface area contributed by atoms with Gasteiger partial charge in [0.05, 0.1) is 11.8 Å². The summed E-state index contributed by atoms with van der Waals surface area (Å²) in [7, 11) is -3.52. The van der Waals surface area contributed by atoms with E-state index in [0.29, 0.717) is 12.1 Å². The van der Waals surface area contributed by atoms with E-state index in [0.717, 1.165) is 22.9 Å². The van der Waals surface area contributed by atoms with Crippen LogP contribution in [0.4, 0.5) is 0 Å². The molecule has 156 valence electrons. The summed E-state index contributed by atoms with van der Waals surface area (Å²) in [5.74, 6) is -0.866. The van der Waals surface area contributed by atoms with Crippen LogP contribution in [-0.2, 0) is 25.8 Å².